The molecule has 0 bridgehead atoms. The van der Waals surface area contributed by atoms with Crippen molar-refractivity contribution in [3.63, 3.8) is 0 Å². The second-order valence-electron chi connectivity index (χ2n) is 6.93. The Kier molecular flexibility index (Phi) is 5.55. The van der Waals surface area contributed by atoms with Crippen LogP contribution in [0.1, 0.15) is 21.9 Å². The van der Waals surface area contributed by atoms with E-state index < -0.39 is 17.7 Å². The number of nitrogens with zero attached hydrogens (tertiary/aromatic N) is 2. The molecule has 2 N–H and O–H groups in total. The van der Waals surface area contributed by atoms with Crippen molar-refractivity contribution < 1.29 is 23.5 Å². The number of carbonyl (C=O) groups is 2. The molecule has 7 nitrogen and oxygen atoms in total. The van der Waals surface area contributed by atoms with Crippen LogP contribution in [0.4, 0.5) is 10.1 Å². The molecule has 0 radical (unpaired) electrons. The molecule has 2 aromatic carbocycles. The molecular weight excluding hydrogens is 413 g/mol. The Labute approximate surface area is 181 Å². The summed E-state index contributed by atoms with van der Waals surface area (Å²) in [5, 5.41) is 22.0. The predicted molar refractivity (Wildman–Crippen MR) is 115 cm³/mol. The van der Waals surface area contributed by atoms with Gasteiger partial charge in [-0.15, -0.1) is 0 Å². The van der Waals surface area contributed by atoms with Crippen molar-refractivity contribution in [2.24, 2.45) is 0 Å². The number of carboxylic acids is 1. The molecule has 8 heteroatoms. The maximum absolute atomic E-state index is 13.1. The predicted octanol–water partition coefficient (Wildman–Crippen LogP) is 4.67. The number of aromatic nitrogens is 1. The molecule has 0 unspecified atom stereocenters. The molecular formula is C24H16FN3O4. The van der Waals surface area contributed by atoms with Gasteiger partial charge in [0, 0.05) is 28.4 Å². The monoisotopic (exact) mass is 429 g/mol. The van der Waals surface area contributed by atoms with E-state index in [2.05, 4.69) is 5.32 Å². The number of hydrogen-bond donors (Lipinski definition) is 2. The fourth-order valence-electron chi connectivity index (χ4n) is 3.30. The van der Waals surface area contributed by atoms with Crippen molar-refractivity contribution in [3.8, 4) is 6.07 Å². The summed E-state index contributed by atoms with van der Waals surface area (Å²) in [4.78, 5) is 23.6. The lowest BCUT2D eigenvalue weighted by Gasteiger charge is -2.03. The van der Waals surface area contributed by atoms with E-state index in [9.17, 15) is 19.2 Å². The highest BCUT2D eigenvalue weighted by Gasteiger charge is 2.15. The number of amides is 1. The van der Waals surface area contributed by atoms with Crippen molar-refractivity contribution >= 4 is 34.5 Å². The normalized spacial score (nSPS) is 11.3. The Bertz CT molecular complexity index is 1390. The van der Waals surface area contributed by atoms with Gasteiger partial charge in [-0.05, 0) is 48.5 Å². The number of hydrogen-bond acceptors (Lipinski definition) is 4. The van der Waals surface area contributed by atoms with Gasteiger partial charge in [-0.3, -0.25) is 4.79 Å². The first-order valence-electron chi connectivity index (χ1n) is 9.53. The zero-order valence-electron chi connectivity index (χ0n) is 16.6. The van der Waals surface area contributed by atoms with Gasteiger partial charge < -0.3 is 19.4 Å². The first kappa shape index (κ1) is 20.6. The van der Waals surface area contributed by atoms with Gasteiger partial charge in [0.1, 0.15) is 23.2 Å². The molecule has 4 rings (SSSR count). The number of aromatic carboxylic acids is 1. The third kappa shape index (κ3) is 4.27. The minimum atomic E-state index is -1.15. The molecule has 0 aliphatic rings. The number of nitrogens with one attached hydrogen (secondary N) is 1. The van der Waals surface area contributed by atoms with Crippen molar-refractivity contribution in [3.05, 3.63) is 95.3 Å². The zero-order chi connectivity index (χ0) is 22.7. The minimum absolute atomic E-state index is 0.122. The van der Waals surface area contributed by atoms with Crippen molar-refractivity contribution in [2.75, 3.05) is 5.32 Å². The zero-order valence-corrected chi connectivity index (χ0v) is 16.6. The van der Waals surface area contributed by atoms with Crippen LogP contribution in [0.15, 0.2) is 76.9 Å². The Morgan fingerprint density at radius 3 is 2.56 bits per heavy atom. The number of nitriles is 1. The van der Waals surface area contributed by atoms with Gasteiger partial charge >= 0.3 is 5.97 Å². The van der Waals surface area contributed by atoms with Gasteiger partial charge in [0.05, 0.1) is 6.54 Å². The number of anilines is 1. The number of carboxylic acid groups (broad SMARTS) is 1. The van der Waals surface area contributed by atoms with E-state index in [-0.39, 0.29) is 17.9 Å². The van der Waals surface area contributed by atoms with Crippen molar-refractivity contribution in [1.29, 1.82) is 5.26 Å². The second-order valence-corrected chi connectivity index (χ2v) is 6.93. The standard InChI is InChI=1S/C24H16FN3O4/c25-17-5-7-18(8-6-17)27-23(29)15(12-26)11-16-13-28(21-4-2-1-3-20(16)21)14-19-9-10-22(32-19)24(30)31/h1-11,13H,14H2,(H,27,29)(H,30,31)/b15-11-. The minimum Gasteiger partial charge on any atom is -0.475 e. The molecule has 0 aliphatic carbocycles. The maximum Gasteiger partial charge on any atom is 0.371 e. The fraction of sp³-hybridized carbons (Fsp3) is 0.0417. The second kappa shape index (κ2) is 8.62. The SMILES string of the molecule is N#C/C(=C/c1cn(Cc2ccc(C(=O)O)o2)c2ccccc12)C(=O)Nc1ccc(F)cc1. The van der Waals surface area contributed by atoms with E-state index >= 15 is 0 Å². The van der Waals surface area contributed by atoms with Crippen molar-refractivity contribution in [1.82, 2.24) is 4.57 Å². The number of carbonyl (C=O) groups excluding carboxylic acids is 1. The highest BCUT2D eigenvalue weighted by molar-refractivity contribution is 6.10. The lowest BCUT2D eigenvalue weighted by molar-refractivity contribution is -0.112. The first-order valence-corrected chi connectivity index (χ1v) is 9.53. The lowest BCUT2D eigenvalue weighted by Crippen LogP contribution is -2.13. The van der Waals surface area contributed by atoms with Crippen LogP contribution in [-0.2, 0) is 11.3 Å². The Balaban J connectivity index is 1.66. The third-order valence-corrected chi connectivity index (χ3v) is 4.79. The molecule has 0 fully saturated rings. The molecule has 0 saturated heterocycles. The average Bonchev–Trinajstić information content (AvgIpc) is 3.39. The summed E-state index contributed by atoms with van der Waals surface area (Å²) in [5.74, 6) is -1.90. The highest BCUT2D eigenvalue weighted by Crippen LogP contribution is 2.25. The van der Waals surface area contributed by atoms with E-state index in [1.807, 2.05) is 34.9 Å². The van der Waals surface area contributed by atoms with E-state index in [0.717, 1.165) is 10.9 Å². The first-order chi connectivity index (χ1) is 15.4. The summed E-state index contributed by atoms with van der Waals surface area (Å²) in [5.41, 5.74) is 1.70. The van der Waals surface area contributed by atoms with Gasteiger partial charge in [0.2, 0.25) is 5.76 Å². The van der Waals surface area contributed by atoms with Crippen LogP contribution in [-0.4, -0.2) is 21.6 Å². The number of halogens is 1. The van der Waals surface area contributed by atoms with Crippen LogP contribution >= 0.6 is 0 Å². The van der Waals surface area contributed by atoms with Gasteiger partial charge in [0.15, 0.2) is 0 Å². The van der Waals surface area contributed by atoms with E-state index in [1.54, 1.807) is 12.3 Å². The highest BCUT2D eigenvalue weighted by atomic mass is 19.1. The lowest BCUT2D eigenvalue weighted by atomic mass is 10.1. The van der Waals surface area contributed by atoms with Crippen LogP contribution in [0.25, 0.3) is 17.0 Å². The number of furan rings is 1. The molecule has 2 aromatic heterocycles. The molecule has 158 valence electrons. The quantitative estimate of drug-likeness (QED) is 0.342. The van der Waals surface area contributed by atoms with Gasteiger partial charge in [0.25, 0.3) is 5.91 Å². The Morgan fingerprint density at radius 1 is 1.12 bits per heavy atom. The molecule has 4 aromatic rings. The molecule has 0 aliphatic heterocycles. The summed E-state index contributed by atoms with van der Waals surface area (Å²) in [6.45, 7) is 0.269. The average molecular weight is 429 g/mol. The van der Waals surface area contributed by atoms with Crippen LogP contribution < -0.4 is 5.32 Å². The molecule has 0 spiro atoms. The topological polar surface area (TPSA) is 108 Å². The van der Waals surface area contributed by atoms with Crippen molar-refractivity contribution in [2.45, 2.75) is 6.54 Å². The van der Waals surface area contributed by atoms with Gasteiger partial charge in [-0.25, -0.2) is 9.18 Å². The third-order valence-electron chi connectivity index (χ3n) is 4.79. The maximum atomic E-state index is 13.1. The molecule has 0 atom stereocenters. The summed E-state index contributed by atoms with van der Waals surface area (Å²) in [7, 11) is 0. The summed E-state index contributed by atoms with van der Waals surface area (Å²) in [6.07, 6.45) is 3.23. The van der Waals surface area contributed by atoms with Crippen LogP contribution in [0.5, 0.6) is 0 Å². The van der Waals surface area contributed by atoms with Crippen LogP contribution in [0, 0.1) is 17.1 Å². The largest absolute Gasteiger partial charge is 0.475 e. The fourth-order valence-corrected chi connectivity index (χ4v) is 3.30. The summed E-state index contributed by atoms with van der Waals surface area (Å²) in [6, 6.07) is 17.5. The Morgan fingerprint density at radius 2 is 1.88 bits per heavy atom. The number of rotatable bonds is 6. The number of fused-ring (bicyclic) bond motifs is 1. The van der Waals surface area contributed by atoms with E-state index in [1.165, 1.54) is 36.4 Å². The molecule has 2 heterocycles. The number of benzene rings is 2. The summed E-state index contributed by atoms with van der Waals surface area (Å²) < 4.78 is 20.3. The van der Waals surface area contributed by atoms with Gasteiger partial charge in [-0.1, -0.05) is 18.2 Å². The molecule has 0 saturated carbocycles. The van der Waals surface area contributed by atoms with Gasteiger partial charge in [-0.2, -0.15) is 5.26 Å². The Hall–Kier alpha value is -4.64. The smallest absolute Gasteiger partial charge is 0.371 e. The molecule has 1 amide bonds. The van der Waals surface area contributed by atoms with E-state index in [4.69, 9.17) is 9.52 Å². The number of para-hydroxylation sites is 1. The molecule has 32 heavy (non-hydrogen) atoms. The van der Waals surface area contributed by atoms with Crippen LogP contribution in [0.3, 0.4) is 0 Å². The van der Waals surface area contributed by atoms with Crippen LogP contribution in [0.2, 0.25) is 0 Å². The summed E-state index contributed by atoms with van der Waals surface area (Å²) >= 11 is 0. The van der Waals surface area contributed by atoms with E-state index in [0.29, 0.717) is 17.0 Å².